The molecule has 0 spiro atoms. The molecule has 0 aromatic rings. The molecule has 0 aliphatic rings. The first-order valence-corrected chi connectivity index (χ1v) is 2.76. The monoisotopic (exact) mass is 163 g/mol. The van der Waals surface area contributed by atoms with E-state index in [4.69, 9.17) is 5.11 Å². The number of carbonyl (C=O) groups excluding carboxylic acids is 1. The van der Waals surface area contributed by atoms with Crippen LogP contribution < -0.4 is 16.5 Å². The van der Waals surface area contributed by atoms with Gasteiger partial charge in [0, 0.05) is 6.54 Å². The summed E-state index contributed by atoms with van der Waals surface area (Å²) in [6, 6.07) is -0.797. The molecule has 0 aromatic heterocycles. The molecule has 64 valence electrons. The SMILES string of the molecule is NOCCNC(=O)NC(=O)O. The number of rotatable bonds is 3. The second-order valence-corrected chi connectivity index (χ2v) is 1.56. The third-order valence-corrected chi connectivity index (χ3v) is 0.726. The topological polar surface area (TPSA) is 114 Å². The first kappa shape index (κ1) is 9.66. The number of nitrogens with one attached hydrogen (secondary N) is 2. The van der Waals surface area contributed by atoms with Gasteiger partial charge in [0.05, 0.1) is 6.61 Å². The number of imide groups is 1. The van der Waals surface area contributed by atoms with Gasteiger partial charge >= 0.3 is 12.1 Å². The lowest BCUT2D eigenvalue weighted by atomic mass is 10.7. The average Bonchev–Trinajstić information content (AvgIpc) is 1.86. The van der Waals surface area contributed by atoms with E-state index in [1.54, 1.807) is 5.32 Å². The number of nitrogens with two attached hydrogens (primary N) is 1. The molecular weight excluding hydrogens is 154 g/mol. The van der Waals surface area contributed by atoms with Gasteiger partial charge in [-0.25, -0.2) is 20.8 Å². The largest absolute Gasteiger partial charge is 0.465 e. The Hall–Kier alpha value is -1.34. The quantitative estimate of drug-likeness (QED) is 0.310. The van der Waals surface area contributed by atoms with Crippen molar-refractivity contribution in [3.05, 3.63) is 0 Å². The van der Waals surface area contributed by atoms with Crippen LogP contribution in [0.15, 0.2) is 0 Å². The van der Waals surface area contributed by atoms with E-state index in [2.05, 4.69) is 16.1 Å². The lowest BCUT2D eigenvalue weighted by Gasteiger charge is -2.01. The van der Waals surface area contributed by atoms with Crippen molar-refractivity contribution >= 4 is 12.1 Å². The molecular formula is C4H9N3O4. The summed E-state index contributed by atoms with van der Waals surface area (Å²) in [5.41, 5.74) is 0. The summed E-state index contributed by atoms with van der Waals surface area (Å²) < 4.78 is 0. The molecule has 7 nitrogen and oxygen atoms in total. The van der Waals surface area contributed by atoms with Gasteiger partial charge in [0.15, 0.2) is 0 Å². The van der Waals surface area contributed by atoms with Crippen LogP contribution in [0.4, 0.5) is 9.59 Å². The van der Waals surface area contributed by atoms with E-state index in [1.807, 2.05) is 0 Å². The summed E-state index contributed by atoms with van der Waals surface area (Å²) in [5.74, 6) is 4.63. The van der Waals surface area contributed by atoms with Crippen LogP contribution in [-0.2, 0) is 4.84 Å². The molecule has 7 heteroatoms. The van der Waals surface area contributed by atoms with Gasteiger partial charge in [-0.1, -0.05) is 0 Å². The van der Waals surface area contributed by atoms with Crippen LogP contribution >= 0.6 is 0 Å². The maximum atomic E-state index is 10.4. The van der Waals surface area contributed by atoms with Crippen molar-refractivity contribution in [2.24, 2.45) is 5.90 Å². The third kappa shape index (κ3) is 6.55. The minimum absolute atomic E-state index is 0.132. The molecule has 0 radical (unpaired) electrons. The number of hydrogen-bond donors (Lipinski definition) is 4. The van der Waals surface area contributed by atoms with Crippen molar-refractivity contribution < 1.29 is 19.5 Å². The molecule has 0 aromatic carbocycles. The fourth-order valence-electron chi connectivity index (χ4n) is 0.365. The zero-order valence-corrected chi connectivity index (χ0v) is 5.66. The normalized spacial score (nSPS) is 8.82. The summed E-state index contributed by atoms with van der Waals surface area (Å²) >= 11 is 0. The molecule has 3 amide bonds. The number of urea groups is 1. The van der Waals surface area contributed by atoms with Gasteiger partial charge < -0.3 is 15.3 Å². The van der Waals surface area contributed by atoms with Crippen LogP contribution in [0.5, 0.6) is 0 Å². The Morgan fingerprint density at radius 1 is 1.55 bits per heavy atom. The Labute approximate surface area is 62.5 Å². The minimum Gasteiger partial charge on any atom is -0.465 e. The second-order valence-electron chi connectivity index (χ2n) is 1.56. The molecule has 0 atom stereocenters. The van der Waals surface area contributed by atoms with Gasteiger partial charge in [-0.15, -0.1) is 0 Å². The van der Waals surface area contributed by atoms with E-state index in [9.17, 15) is 9.59 Å². The Morgan fingerprint density at radius 3 is 2.64 bits per heavy atom. The van der Waals surface area contributed by atoms with Crippen molar-refractivity contribution in [1.29, 1.82) is 0 Å². The lowest BCUT2D eigenvalue weighted by Crippen LogP contribution is -2.40. The Balaban J connectivity index is 3.30. The highest BCUT2D eigenvalue weighted by Crippen LogP contribution is 1.66. The van der Waals surface area contributed by atoms with Gasteiger partial charge in [-0.05, 0) is 0 Å². The number of carboxylic acid groups (broad SMARTS) is 1. The second kappa shape index (κ2) is 5.45. The lowest BCUT2D eigenvalue weighted by molar-refractivity contribution is 0.140. The molecule has 11 heavy (non-hydrogen) atoms. The van der Waals surface area contributed by atoms with Crippen LogP contribution in [0.25, 0.3) is 0 Å². The van der Waals surface area contributed by atoms with Crippen molar-refractivity contribution in [2.75, 3.05) is 13.2 Å². The van der Waals surface area contributed by atoms with Crippen molar-refractivity contribution in [3.8, 4) is 0 Å². The van der Waals surface area contributed by atoms with E-state index in [1.165, 1.54) is 0 Å². The van der Waals surface area contributed by atoms with E-state index >= 15 is 0 Å². The van der Waals surface area contributed by atoms with Gasteiger partial charge in [-0.3, -0.25) is 0 Å². The summed E-state index contributed by atoms with van der Waals surface area (Å²) in [7, 11) is 0. The zero-order chi connectivity index (χ0) is 8.69. The highest BCUT2D eigenvalue weighted by Gasteiger charge is 2.02. The maximum Gasteiger partial charge on any atom is 0.412 e. The number of hydrogen-bond acceptors (Lipinski definition) is 4. The van der Waals surface area contributed by atoms with Crippen molar-refractivity contribution in [2.45, 2.75) is 0 Å². The standard InChI is InChI=1S/C4H9N3O4/c5-11-2-1-6-3(8)7-4(9)10/h1-2,5H2,(H,9,10)(H2,6,7,8). The van der Waals surface area contributed by atoms with Gasteiger partial charge in [-0.2, -0.15) is 0 Å². The molecule has 0 saturated heterocycles. The fourth-order valence-corrected chi connectivity index (χ4v) is 0.365. The predicted octanol–water partition coefficient (Wildman–Crippen LogP) is -1.15. The molecule has 0 aliphatic carbocycles. The number of carbonyl (C=O) groups is 2. The molecule has 0 rings (SSSR count). The minimum atomic E-state index is -1.41. The predicted molar refractivity (Wildman–Crippen MR) is 34.7 cm³/mol. The van der Waals surface area contributed by atoms with Crippen LogP contribution in [0.3, 0.4) is 0 Å². The smallest absolute Gasteiger partial charge is 0.412 e. The number of amides is 3. The van der Waals surface area contributed by atoms with Gasteiger partial charge in [0.1, 0.15) is 0 Å². The molecule has 0 bridgehead atoms. The Bertz CT molecular complexity index is 148. The first-order valence-electron chi connectivity index (χ1n) is 2.76. The molecule has 0 heterocycles. The summed E-state index contributed by atoms with van der Waals surface area (Å²) in [6.45, 7) is 0.294. The average molecular weight is 163 g/mol. The van der Waals surface area contributed by atoms with E-state index in [-0.39, 0.29) is 13.2 Å². The van der Waals surface area contributed by atoms with Crippen LogP contribution in [0.1, 0.15) is 0 Å². The highest BCUT2D eigenvalue weighted by atomic mass is 16.6. The van der Waals surface area contributed by atoms with E-state index in [0.29, 0.717) is 0 Å². The highest BCUT2D eigenvalue weighted by molar-refractivity contribution is 5.89. The first-order chi connectivity index (χ1) is 5.16. The summed E-state index contributed by atoms with van der Waals surface area (Å²) in [5, 5.41) is 11.8. The van der Waals surface area contributed by atoms with E-state index in [0.717, 1.165) is 0 Å². The Morgan fingerprint density at radius 2 is 2.18 bits per heavy atom. The van der Waals surface area contributed by atoms with Gasteiger partial charge in [0.25, 0.3) is 0 Å². The van der Waals surface area contributed by atoms with Crippen LogP contribution in [0.2, 0.25) is 0 Å². The van der Waals surface area contributed by atoms with Crippen molar-refractivity contribution in [3.63, 3.8) is 0 Å². The van der Waals surface area contributed by atoms with Crippen molar-refractivity contribution in [1.82, 2.24) is 10.6 Å². The van der Waals surface area contributed by atoms with Crippen LogP contribution in [-0.4, -0.2) is 30.4 Å². The van der Waals surface area contributed by atoms with E-state index < -0.39 is 12.1 Å². The molecule has 5 N–H and O–H groups in total. The zero-order valence-electron chi connectivity index (χ0n) is 5.66. The van der Waals surface area contributed by atoms with Gasteiger partial charge in [0.2, 0.25) is 0 Å². The molecule has 0 saturated carbocycles. The maximum absolute atomic E-state index is 10.4. The fraction of sp³-hybridized carbons (Fsp3) is 0.500. The summed E-state index contributed by atoms with van der Waals surface area (Å²) in [4.78, 5) is 24.4. The molecule has 0 unspecified atom stereocenters. The molecule has 0 fully saturated rings. The van der Waals surface area contributed by atoms with Crippen LogP contribution in [0, 0.1) is 0 Å². The summed E-state index contributed by atoms with van der Waals surface area (Å²) in [6.07, 6.45) is -1.41. The molecule has 0 aliphatic heterocycles. The third-order valence-electron chi connectivity index (χ3n) is 0.726. The Kier molecular flexibility index (Phi) is 4.78.